The van der Waals surface area contributed by atoms with Crippen LogP contribution in [0.3, 0.4) is 0 Å². The van der Waals surface area contributed by atoms with Crippen LogP contribution < -0.4 is 4.74 Å². The first-order valence-corrected chi connectivity index (χ1v) is 6.80. The lowest BCUT2D eigenvalue weighted by Gasteiger charge is -2.13. The molecule has 2 aromatic carbocycles. The SMILES string of the molecule is Cc1ccc(C(O)COc2ccc3nccnc3c2)cc1. The molecule has 106 valence electrons. The van der Waals surface area contributed by atoms with Gasteiger partial charge in [0.1, 0.15) is 18.5 Å². The second kappa shape index (κ2) is 5.89. The third-order valence-corrected chi connectivity index (χ3v) is 3.31. The van der Waals surface area contributed by atoms with E-state index in [0.717, 1.165) is 16.6 Å². The van der Waals surface area contributed by atoms with E-state index in [0.29, 0.717) is 5.75 Å². The molecule has 0 spiro atoms. The number of benzene rings is 2. The van der Waals surface area contributed by atoms with Crippen LogP contribution in [0.2, 0.25) is 0 Å². The van der Waals surface area contributed by atoms with Crippen molar-refractivity contribution in [3.63, 3.8) is 0 Å². The van der Waals surface area contributed by atoms with E-state index in [1.54, 1.807) is 12.4 Å². The highest BCUT2D eigenvalue weighted by molar-refractivity contribution is 5.75. The maximum absolute atomic E-state index is 10.1. The van der Waals surface area contributed by atoms with E-state index in [4.69, 9.17) is 4.74 Å². The van der Waals surface area contributed by atoms with Crippen LogP contribution in [0.15, 0.2) is 54.9 Å². The van der Waals surface area contributed by atoms with E-state index in [-0.39, 0.29) is 6.61 Å². The van der Waals surface area contributed by atoms with Crippen LogP contribution in [0.4, 0.5) is 0 Å². The fraction of sp³-hybridized carbons (Fsp3) is 0.176. The molecule has 3 rings (SSSR count). The zero-order valence-electron chi connectivity index (χ0n) is 11.7. The van der Waals surface area contributed by atoms with Crippen molar-refractivity contribution in [3.8, 4) is 5.75 Å². The molecule has 21 heavy (non-hydrogen) atoms. The Morgan fingerprint density at radius 1 is 1.00 bits per heavy atom. The first kappa shape index (κ1) is 13.5. The molecule has 3 aromatic rings. The number of rotatable bonds is 4. The van der Waals surface area contributed by atoms with Crippen molar-refractivity contribution in [2.24, 2.45) is 0 Å². The molecule has 0 saturated heterocycles. The summed E-state index contributed by atoms with van der Waals surface area (Å²) in [6.07, 6.45) is 2.65. The molecule has 1 heterocycles. The van der Waals surface area contributed by atoms with Crippen LogP contribution in [-0.4, -0.2) is 21.7 Å². The minimum Gasteiger partial charge on any atom is -0.490 e. The van der Waals surface area contributed by atoms with Gasteiger partial charge in [-0.25, -0.2) is 0 Å². The Kier molecular flexibility index (Phi) is 3.79. The van der Waals surface area contributed by atoms with Gasteiger partial charge in [0.15, 0.2) is 0 Å². The van der Waals surface area contributed by atoms with E-state index in [2.05, 4.69) is 9.97 Å². The van der Waals surface area contributed by atoms with E-state index in [1.807, 2.05) is 49.4 Å². The summed E-state index contributed by atoms with van der Waals surface area (Å²) >= 11 is 0. The van der Waals surface area contributed by atoms with Gasteiger partial charge >= 0.3 is 0 Å². The van der Waals surface area contributed by atoms with Crippen LogP contribution in [-0.2, 0) is 0 Å². The van der Waals surface area contributed by atoms with Gasteiger partial charge in [0, 0.05) is 18.5 Å². The first-order chi connectivity index (χ1) is 10.2. The minimum atomic E-state index is -0.650. The summed E-state index contributed by atoms with van der Waals surface area (Å²) in [5.74, 6) is 0.675. The van der Waals surface area contributed by atoms with Crippen molar-refractivity contribution in [2.45, 2.75) is 13.0 Å². The number of aliphatic hydroxyl groups is 1. The summed E-state index contributed by atoms with van der Waals surface area (Å²) in [6.45, 7) is 2.22. The molecule has 0 aliphatic carbocycles. The van der Waals surface area contributed by atoms with Crippen molar-refractivity contribution >= 4 is 11.0 Å². The Labute approximate surface area is 123 Å². The lowest BCUT2D eigenvalue weighted by molar-refractivity contribution is 0.108. The Hall–Kier alpha value is -2.46. The molecule has 4 nitrogen and oxygen atoms in total. The predicted octanol–water partition coefficient (Wildman–Crippen LogP) is 3.05. The molecule has 0 saturated carbocycles. The summed E-state index contributed by atoms with van der Waals surface area (Å²) in [5.41, 5.74) is 3.62. The molecule has 4 heteroatoms. The van der Waals surface area contributed by atoms with Crippen LogP contribution in [0, 0.1) is 6.92 Å². The van der Waals surface area contributed by atoms with E-state index >= 15 is 0 Å². The third-order valence-electron chi connectivity index (χ3n) is 3.31. The molecule has 0 amide bonds. The molecule has 0 fully saturated rings. The zero-order chi connectivity index (χ0) is 14.7. The van der Waals surface area contributed by atoms with E-state index in [9.17, 15) is 5.11 Å². The summed E-state index contributed by atoms with van der Waals surface area (Å²) in [7, 11) is 0. The number of ether oxygens (including phenoxy) is 1. The van der Waals surface area contributed by atoms with Gasteiger partial charge < -0.3 is 9.84 Å². The van der Waals surface area contributed by atoms with Crippen LogP contribution >= 0.6 is 0 Å². The number of hydrogen-bond donors (Lipinski definition) is 1. The number of aryl methyl sites for hydroxylation is 1. The van der Waals surface area contributed by atoms with Gasteiger partial charge in [0.05, 0.1) is 11.0 Å². The molecule has 0 radical (unpaired) electrons. The number of fused-ring (bicyclic) bond motifs is 1. The molecule has 0 aliphatic rings. The number of aromatic nitrogens is 2. The van der Waals surface area contributed by atoms with Crippen LogP contribution in [0.25, 0.3) is 11.0 Å². The van der Waals surface area contributed by atoms with E-state index in [1.165, 1.54) is 5.56 Å². The van der Waals surface area contributed by atoms with E-state index < -0.39 is 6.10 Å². The van der Waals surface area contributed by atoms with Gasteiger partial charge in [-0.15, -0.1) is 0 Å². The van der Waals surface area contributed by atoms with Crippen molar-refractivity contribution in [1.82, 2.24) is 9.97 Å². The molecule has 1 aromatic heterocycles. The highest BCUT2D eigenvalue weighted by Gasteiger charge is 2.08. The van der Waals surface area contributed by atoms with Crippen molar-refractivity contribution in [2.75, 3.05) is 6.61 Å². The quantitative estimate of drug-likeness (QED) is 0.798. The normalized spacial score (nSPS) is 12.3. The fourth-order valence-electron chi connectivity index (χ4n) is 2.09. The molecule has 1 atom stereocenters. The molecular formula is C17H16N2O2. The molecular weight excluding hydrogens is 264 g/mol. The Morgan fingerprint density at radius 3 is 2.48 bits per heavy atom. The minimum absolute atomic E-state index is 0.203. The molecule has 1 N–H and O–H groups in total. The van der Waals surface area contributed by atoms with Crippen molar-refractivity contribution in [1.29, 1.82) is 0 Å². The van der Waals surface area contributed by atoms with Gasteiger partial charge in [-0.1, -0.05) is 29.8 Å². The Balaban J connectivity index is 1.69. The fourth-order valence-corrected chi connectivity index (χ4v) is 2.09. The van der Waals surface area contributed by atoms with Crippen LogP contribution in [0.1, 0.15) is 17.2 Å². The summed E-state index contributed by atoms with van der Waals surface area (Å²) in [5, 5.41) is 10.1. The second-order valence-electron chi connectivity index (χ2n) is 4.94. The summed E-state index contributed by atoms with van der Waals surface area (Å²) < 4.78 is 5.64. The largest absolute Gasteiger partial charge is 0.490 e. The van der Waals surface area contributed by atoms with Crippen molar-refractivity contribution < 1.29 is 9.84 Å². The first-order valence-electron chi connectivity index (χ1n) is 6.80. The second-order valence-corrected chi connectivity index (χ2v) is 4.94. The maximum atomic E-state index is 10.1. The predicted molar refractivity (Wildman–Crippen MR) is 81.2 cm³/mol. The summed E-state index contributed by atoms with van der Waals surface area (Å²) in [4.78, 5) is 8.44. The number of nitrogens with zero attached hydrogens (tertiary/aromatic N) is 2. The topological polar surface area (TPSA) is 55.2 Å². The molecule has 0 bridgehead atoms. The van der Waals surface area contributed by atoms with Crippen LogP contribution in [0.5, 0.6) is 5.75 Å². The summed E-state index contributed by atoms with van der Waals surface area (Å²) in [6, 6.07) is 13.3. The number of aliphatic hydroxyl groups excluding tert-OH is 1. The lowest BCUT2D eigenvalue weighted by atomic mass is 10.1. The smallest absolute Gasteiger partial charge is 0.121 e. The third kappa shape index (κ3) is 3.17. The molecule has 0 aliphatic heterocycles. The van der Waals surface area contributed by atoms with Gasteiger partial charge in [0.25, 0.3) is 0 Å². The maximum Gasteiger partial charge on any atom is 0.121 e. The monoisotopic (exact) mass is 280 g/mol. The number of hydrogen-bond acceptors (Lipinski definition) is 4. The van der Waals surface area contributed by atoms with Gasteiger partial charge in [-0.2, -0.15) is 0 Å². The molecule has 1 unspecified atom stereocenters. The average molecular weight is 280 g/mol. The van der Waals surface area contributed by atoms with Crippen molar-refractivity contribution in [3.05, 3.63) is 66.0 Å². The Bertz CT molecular complexity index is 741. The van der Waals surface area contributed by atoms with Gasteiger partial charge in [0.2, 0.25) is 0 Å². The average Bonchev–Trinajstić information content (AvgIpc) is 2.53. The lowest BCUT2D eigenvalue weighted by Crippen LogP contribution is -2.09. The highest BCUT2D eigenvalue weighted by Crippen LogP contribution is 2.20. The van der Waals surface area contributed by atoms with Gasteiger partial charge in [-0.3, -0.25) is 9.97 Å². The Morgan fingerprint density at radius 2 is 1.71 bits per heavy atom. The van der Waals surface area contributed by atoms with Gasteiger partial charge in [-0.05, 0) is 24.6 Å². The highest BCUT2D eigenvalue weighted by atomic mass is 16.5. The standard InChI is InChI=1S/C17H16N2O2/c1-12-2-4-13(5-3-12)17(20)11-21-14-6-7-15-16(10-14)19-9-8-18-15/h2-10,17,20H,11H2,1H3. The zero-order valence-corrected chi connectivity index (χ0v) is 11.7.